The second kappa shape index (κ2) is 8.27. The molecule has 5 heteroatoms. The molecule has 1 aromatic rings. The first-order valence-corrected chi connectivity index (χ1v) is 8.97. The molecule has 2 rings (SSSR count). The van der Waals surface area contributed by atoms with Gasteiger partial charge in [-0.05, 0) is 39.8 Å². The van der Waals surface area contributed by atoms with Gasteiger partial charge < -0.3 is 10.1 Å². The number of unbranched alkanes of at least 4 members (excludes halogenated alkanes) is 1. The van der Waals surface area contributed by atoms with Gasteiger partial charge in [0.1, 0.15) is 0 Å². The lowest BCUT2D eigenvalue weighted by molar-refractivity contribution is -0.0681. The minimum atomic E-state index is 0.122. The van der Waals surface area contributed by atoms with Gasteiger partial charge in [0, 0.05) is 36.3 Å². The fourth-order valence-electron chi connectivity index (χ4n) is 3.37. The van der Waals surface area contributed by atoms with Crippen LogP contribution >= 0.6 is 0 Å². The van der Waals surface area contributed by atoms with E-state index in [9.17, 15) is 0 Å². The Bertz CT molecular complexity index is 456. The molecule has 2 unspecified atom stereocenters. The lowest BCUT2D eigenvalue weighted by Gasteiger charge is -2.35. The highest BCUT2D eigenvalue weighted by atomic mass is 16.5. The third-order valence-corrected chi connectivity index (χ3v) is 4.36. The minimum absolute atomic E-state index is 0.122. The van der Waals surface area contributed by atoms with Gasteiger partial charge in [-0.25, -0.2) is 0 Å². The van der Waals surface area contributed by atoms with E-state index in [1.165, 1.54) is 30.6 Å². The van der Waals surface area contributed by atoms with E-state index in [0.717, 1.165) is 26.2 Å². The first kappa shape index (κ1) is 18.4. The fraction of sp³-hybridized carbons (Fsp3) is 0.833. The zero-order valence-corrected chi connectivity index (χ0v) is 15.5. The molecule has 1 fully saturated rings. The van der Waals surface area contributed by atoms with Crippen LogP contribution in [0.1, 0.15) is 58.7 Å². The van der Waals surface area contributed by atoms with Gasteiger partial charge in [0.05, 0.1) is 18.4 Å². The van der Waals surface area contributed by atoms with Crippen LogP contribution in [0.15, 0.2) is 6.20 Å². The largest absolute Gasteiger partial charge is 0.373 e. The van der Waals surface area contributed by atoms with Crippen LogP contribution in [-0.4, -0.2) is 53.5 Å². The van der Waals surface area contributed by atoms with Crippen molar-refractivity contribution in [2.24, 2.45) is 0 Å². The Morgan fingerprint density at radius 1 is 1.26 bits per heavy atom. The van der Waals surface area contributed by atoms with Crippen molar-refractivity contribution in [3.63, 3.8) is 0 Å². The molecule has 2 heterocycles. The van der Waals surface area contributed by atoms with E-state index in [2.05, 4.69) is 55.0 Å². The molecule has 0 spiro atoms. The zero-order valence-electron chi connectivity index (χ0n) is 15.5. The molecule has 5 nitrogen and oxygen atoms in total. The predicted octanol–water partition coefficient (Wildman–Crippen LogP) is 2.69. The molecule has 1 aliphatic rings. The van der Waals surface area contributed by atoms with Crippen molar-refractivity contribution < 1.29 is 4.74 Å². The van der Waals surface area contributed by atoms with Crippen LogP contribution in [0, 0.1) is 0 Å². The van der Waals surface area contributed by atoms with Crippen molar-refractivity contribution >= 4 is 0 Å². The number of nitrogens with one attached hydrogen (secondary N) is 2. The van der Waals surface area contributed by atoms with E-state index in [1.54, 1.807) is 0 Å². The quantitative estimate of drug-likeness (QED) is 0.758. The van der Waals surface area contributed by atoms with E-state index in [0.29, 0.717) is 12.2 Å². The smallest absolute Gasteiger partial charge is 0.0678 e. The maximum absolute atomic E-state index is 5.78. The van der Waals surface area contributed by atoms with Crippen LogP contribution in [0.25, 0.3) is 0 Å². The van der Waals surface area contributed by atoms with Gasteiger partial charge in [0.2, 0.25) is 0 Å². The van der Waals surface area contributed by atoms with E-state index >= 15 is 0 Å². The van der Waals surface area contributed by atoms with Crippen LogP contribution in [0.4, 0.5) is 0 Å². The van der Waals surface area contributed by atoms with Gasteiger partial charge in [0.25, 0.3) is 0 Å². The third kappa shape index (κ3) is 5.90. The van der Waals surface area contributed by atoms with Gasteiger partial charge >= 0.3 is 0 Å². The van der Waals surface area contributed by atoms with Crippen LogP contribution in [0.2, 0.25) is 0 Å². The van der Waals surface area contributed by atoms with Crippen LogP contribution < -0.4 is 5.32 Å². The average molecular weight is 322 g/mol. The normalized spacial score (nSPS) is 23.3. The first-order valence-electron chi connectivity index (χ1n) is 8.97. The summed E-state index contributed by atoms with van der Waals surface area (Å²) in [6, 6.07) is 0. The molecule has 0 aliphatic carbocycles. The van der Waals surface area contributed by atoms with E-state index in [1.807, 2.05) is 6.20 Å². The topological polar surface area (TPSA) is 53.2 Å². The maximum Gasteiger partial charge on any atom is 0.0678 e. The second-order valence-corrected chi connectivity index (χ2v) is 7.92. The Hall–Kier alpha value is -0.910. The summed E-state index contributed by atoms with van der Waals surface area (Å²) in [5.74, 6) is 0. The second-order valence-electron chi connectivity index (χ2n) is 7.92. The molecule has 1 aliphatic heterocycles. The van der Waals surface area contributed by atoms with Gasteiger partial charge in [-0.3, -0.25) is 10.00 Å². The van der Waals surface area contributed by atoms with Crippen molar-refractivity contribution in [2.45, 2.75) is 71.6 Å². The predicted molar refractivity (Wildman–Crippen MR) is 94.7 cm³/mol. The molecule has 132 valence electrons. The summed E-state index contributed by atoms with van der Waals surface area (Å²) < 4.78 is 5.78. The van der Waals surface area contributed by atoms with E-state index in [4.69, 9.17) is 4.74 Å². The number of H-pyrrole nitrogens is 1. The maximum atomic E-state index is 5.78. The lowest BCUT2D eigenvalue weighted by atomic mass is 9.89. The average Bonchev–Trinajstić information content (AvgIpc) is 2.90. The summed E-state index contributed by atoms with van der Waals surface area (Å²) >= 11 is 0. The molecule has 0 saturated carbocycles. The Morgan fingerprint density at radius 3 is 2.61 bits per heavy atom. The van der Waals surface area contributed by atoms with Crippen molar-refractivity contribution in [2.75, 3.05) is 26.2 Å². The van der Waals surface area contributed by atoms with Crippen molar-refractivity contribution in [1.29, 1.82) is 0 Å². The van der Waals surface area contributed by atoms with E-state index in [-0.39, 0.29) is 5.41 Å². The highest BCUT2D eigenvalue weighted by Crippen LogP contribution is 2.23. The van der Waals surface area contributed by atoms with Crippen LogP contribution in [0.5, 0.6) is 0 Å². The summed E-state index contributed by atoms with van der Waals surface area (Å²) in [5, 5.41) is 10.9. The number of aromatic amines is 1. The SMILES string of the molecule is CC1CN(CCCCNCc2cn[nH]c2C(C)(C)C)CC(C)O1. The van der Waals surface area contributed by atoms with Crippen molar-refractivity contribution in [1.82, 2.24) is 20.4 Å². The Balaban J connectivity index is 1.61. The zero-order chi connectivity index (χ0) is 16.9. The standard InChI is InChI=1S/C18H34N4O/c1-14-12-22(13-15(2)23-14)9-7-6-8-19-10-16-11-20-21-17(16)18(3,4)5/h11,14-15,19H,6-10,12-13H2,1-5H3,(H,20,21). The molecular formula is C18H34N4O. The minimum Gasteiger partial charge on any atom is -0.373 e. The first-order chi connectivity index (χ1) is 10.9. The number of rotatable bonds is 7. The number of hydrogen-bond donors (Lipinski definition) is 2. The summed E-state index contributed by atoms with van der Waals surface area (Å²) in [6.45, 7) is 16.3. The number of nitrogens with zero attached hydrogens (tertiary/aromatic N) is 2. The molecule has 0 amide bonds. The van der Waals surface area contributed by atoms with Gasteiger partial charge in [-0.1, -0.05) is 20.8 Å². The number of ether oxygens (including phenoxy) is 1. The number of morpholine rings is 1. The summed E-state index contributed by atoms with van der Waals surface area (Å²) in [5.41, 5.74) is 2.65. The summed E-state index contributed by atoms with van der Waals surface area (Å²) in [7, 11) is 0. The summed E-state index contributed by atoms with van der Waals surface area (Å²) in [6.07, 6.45) is 5.14. The molecular weight excluding hydrogens is 288 g/mol. The third-order valence-electron chi connectivity index (χ3n) is 4.36. The molecule has 23 heavy (non-hydrogen) atoms. The monoisotopic (exact) mass is 322 g/mol. The van der Waals surface area contributed by atoms with Crippen molar-refractivity contribution in [3.8, 4) is 0 Å². The van der Waals surface area contributed by atoms with Gasteiger partial charge in [0.15, 0.2) is 0 Å². The van der Waals surface area contributed by atoms with Crippen LogP contribution in [0.3, 0.4) is 0 Å². The Morgan fingerprint density at radius 2 is 1.96 bits per heavy atom. The molecule has 1 saturated heterocycles. The van der Waals surface area contributed by atoms with Crippen LogP contribution in [-0.2, 0) is 16.7 Å². The van der Waals surface area contributed by atoms with Gasteiger partial charge in [-0.2, -0.15) is 5.10 Å². The lowest BCUT2D eigenvalue weighted by Crippen LogP contribution is -2.45. The highest BCUT2D eigenvalue weighted by Gasteiger charge is 2.21. The summed E-state index contributed by atoms with van der Waals surface area (Å²) in [4.78, 5) is 2.53. The molecule has 0 aromatic carbocycles. The Labute approximate surface area is 141 Å². The molecule has 2 N–H and O–H groups in total. The molecule has 0 radical (unpaired) electrons. The highest BCUT2D eigenvalue weighted by molar-refractivity contribution is 5.23. The molecule has 0 bridgehead atoms. The van der Waals surface area contributed by atoms with Gasteiger partial charge in [-0.15, -0.1) is 0 Å². The molecule has 2 atom stereocenters. The van der Waals surface area contributed by atoms with E-state index < -0.39 is 0 Å². The Kier molecular flexibility index (Phi) is 6.62. The van der Waals surface area contributed by atoms with Crippen molar-refractivity contribution in [3.05, 3.63) is 17.5 Å². The molecule has 1 aromatic heterocycles. The number of hydrogen-bond acceptors (Lipinski definition) is 4. The number of aromatic nitrogens is 2. The fourth-order valence-corrected chi connectivity index (χ4v) is 3.37.